The molecular formula is C4H6F3N2O. The number of rotatable bonds is 1. The molecule has 0 aromatic heterocycles. The van der Waals surface area contributed by atoms with Crippen molar-refractivity contribution in [3.05, 3.63) is 6.67 Å². The van der Waals surface area contributed by atoms with Crippen LogP contribution in [-0.2, 0) is 4.74 Å². The summed E-state index contributed by atoms with van der Waals surface area (Å²) in [5, 5.41) is 4.87. The van der Waals surface area contributed by atoms with E-state index in [0.29, 0.717) is 0 Å². The summed E-state index contributed by atoms with van der Waals surface area (Å²) in [4.78, 5) is 0. The van der Waals surface area contributed by atoms with Crippen molar-refractivity contribution in [1.82, 2.24) is 10.6 Å². The van der Waals surface area contributed by atoms with Crippen LogP contribution in [0.25, 0.3) is 0 Å². The summed E-state index contributed by atoms with van der Waals surface area (Å²) < 4.78 is 37.8. The first-order valence-electron chi connectivity index (χ1n) is 2.63. The fraction of sp³-hybridized carbons (Fsp3) is 0.750. The van der Waals surface area contributed by atoms with E-state index in [1.165, 1.54) is 6.67 Å². The van der Waals surface area contributed by atoms with Crippen LogP contribution in [0, 0.1) is 6.67 Å². The zero-order chi connectivity index (χ0) is 7.61. The van der Waals surface area contributed by atoms with Crippen molar-refractivity contribution in [2.45, 2.75) is 12.6 Å². The van der Waals surface area contributed by atoms with Crippen LogP contribution < -0.4 is 10.6 Å². The molecule has 3 nitrogen and oxygen atoms in total. The lowest BCUT2D eigenvalue weighted by Gasteiger charge is -2.12. The fourth-order valence-electron chi connectivity index (χ4n) is 0.614. The van der Waals surface area contributed by atoms with Gasteiger partial charge in [-0.05, 0) is 0 Å². The summed E-state index contributed by atoms with van der Waals surface area (Å²) in [5.74, 6) is 0. The Hall–Kier alpha value is -0.330. The molecular weight excluding hydrogens is 149 g/mol. The van der Waals surface area contributed by atoms with E-state index in [1.54, 1.807) is 0 Å². The summed E-state index contributed by atoms with van der Waals surface area (Å²) in [7, 11) is 0. The highest BCUT2D eigenvalue weighted by Crippen LogP contribution is 2.18. The average molecular weight is 155 g/mol. The van der Waals surface area contributed by atoms with Gasteiger partial charge in [0.15, 0.2) is 0 Å². The number of ether oxygens (including phenoxy) is 1. The highest BCUT2D eigenvalue weighted by molar-refractivity contribution is 4.75. The van der Waals surface area contributed by atoms with Crippen LogP contribution in [0.2, 0.25) is 0 Å². The van der Waals surface area contributed by atoms with E-state index in [0.717, 1.165) is 0 Å². The molecule has 10 heavy (non-hydrogen) atoms. The molecule has 1 fully saturated rings. The van der Waals surface area contributed by atoms with Gasteiger partial charge in [0.2, 0.25) is 0 Å². The maximum Gasteiger partial charge on any atom is 0.524 e. The SMILES string of the molecule is FC(F)(F)OC1CN[CH]N1. The molecule has 1 radical (unpaired) electrons. The Balaban J connectivity index is 2.24. The molecule has 0 saturated carbocycles. The van der Waals surface area contributed by atoms with Crippen molar-refractivity contribution < 1.29 is 17.9 Å². The van der Waals surface area contributed by atoms with E-state index in [-0.39, 0.29) is 6.54 Å². The minimum atomic E-state index is -4.56. The van der Waals surface area contributed by atoms with E-state index >= 15 is 0 Å². The summed E-state index contributed by atoms with van der Waals surface area (Å²) in [6.07, 6.45) is -5.54. The van der Waals surface area contributed by atoms with E-state index in [1.807, 2.05) is 0 Å². The van der Waals surface area contributed by atoms with Crippen molar-refractivity contribution in [3.8, 4) is 0 Å². The second-order valence-corrected chi connectivity index (χ2v) is 1.77. The van der Waals surface area contributed by atoms with Crippen molar-refractivity contribution >= 4 is 0 Å². The van der Waals surface area contributed by atoms with Crippen LogP contribution in [0.5, 0.6) is 0 Å². The molecule has 0 spiro atoms. The normalized spacial score (nSPS) is 27.3. The van der Waals surface area contributed by atoms with E-state index in [4.69, 9.17) is 0 Å². The van der Waals surface area contributed by atoms with E-state index in [9.17, 15) is 13.2 Å². The maximum absolute atomic E-state index is 11.4. The molecule has 2 N–H and O–H groups in total. The average Bonchev–Trinajstić information content (AvgIpc) is 2.12. The van der Waals surface area contributed by atoms with Crippen molar-refractivity contribution in [2.24, 2.45) is 0 Å². The Labute approximate surface area is 55.5 Å². The lowest BCUT2D eigenvalue weighted by atomic mass is 10.6. The van der Waals surface area contributed by atoms with Crippen LogP contribution in [0.4, 0.5) is 13.2 Å². The van der Waals surface area contributed by atoms with Crippen LogP contribution in [0.15, 0.2) is 0 Å². The predicted molar refractivity (Wildman–Crippen MR) is 26.4 cm³/mol. The van der Waals surface area contributed by atoms with Gasteiger partial charge in [-0.3, -0.25) is 15.4 Å². The van der Waals surface area contributed by atoms with Gasteiger partial charge in [-0.15, -0.1) is 13.2 Å². The lowest BCUT2D eigenvalue weighted by Crippen LogP contribution is -2.32. The van der Waals surface area contributed by atoms with Gasteiger partial charge in [-0.1, -0.05) is 0 Å². The minimum Gasteiger partial charge on any atom is -0.295 e. The Morgan fingerprint density at radius 3 is 2.60 bits per heavy atom. The number of halogens is 3. The summed E-state index contributed by atoms with van der Waals surface area (Å²) in [6.45, 7) is 1.45. The number of hydrogen-bond acceptors (Lipinski definition) is 3. The number of alkyl halides is 3. The van der Waals surface area contributed by atoms with Gasteiger partial charge in [0.25, 0.3) is 0 Å². The lowest BCUT2D eigenvalue weighted by molar-refractivity contribution is -0.342. The van der Waals surface area contributed by atoms with Crippen molar-refractivity contribution in [2.75, 3.05) is 6.54 Å². The Bertz CT molecular complexity index is 110. The topological polar surface area (TPSA) is 33.3 Å². The third kappa shape index (κ3) is 2.51. The molecule has 6 heteroatoms. The third-order valence-electron chi connectivity index (χ3n) is 0.950. The van der Waals surface area contributed by atoms with Gasteiger partial charge in [0, 0.05) is 6.54 Å². The van der Waals surface area contributed by atoms with Crippen LogP contribution >= 0.6 is 0 Å². The first-order valence-corrected chi connectivity index (χ1v) is 2.63. The predicted octanol–water partition coefficient (Wildman–Crippen LogP) is 0.161. The molecule has 1 unspecified atom stereocenters. The molecule has 1 saturated heterocycles. The molecule has 1 atom stereocenters. The largest absolute Gasteiger partial charge is 0.524 e. The molecule has 59 valence electrons. The molecule has 1 heterocycles. The molecule has 0 aromatic rings. The number of hydrogen-bond donors (Lipinski definition) is 2. The quantitative estimate of drug-likeness (QED) is 0.566. The molecule has 1 aliphatic heterocycles. The molecule has 0 bridgehead atoms. The second-order valence-electron chi connectivity index (χ2n) is 1.77. The van der Waals surface area contributed by atoms with Crippen LogP contribution in [0.1, 0.15) is 0 Å². The summed E-state index contributed by atoms with van der Waals surface area (Å²) in [6, 6.07) is 0. The smallest absolute Gasteiger partial charge is 0.295 e. The van der Waals surface area contributed by atoms with Crippen LogP contribution in [-0.4, -0.2) is 19.1 Å². The Kier molecular flexibility index (Phi) is 2.12. The molecule has 1 aliphatic rings. The Morgan fingerprint density at radius 2 is 2.20 bits per heavy atom. The first-order chi connectivity index (χ1) is 4.58. The van der Waals surface area contributed by atoms with Crippen molar-refractivity contribution in [3.63, 3.8) is 0 Å². The van der Waals surface area contributed by atoms with Gasteiger partial charge in [-0.25, -0.2) is 0 Å². The van der Waals surface area contributed by atoms with Gasteiger partial charge >= 0.3 is 6.36 Å². The van der Waals surface area contributed by atoms with Crippen molar-refractivity contribution in [1.29, 1.82) is 0 Å². The van der Waals surface area contributed by atoms with Crippen LogP contribution in [0.3, 0.4) is 0 Å². The standard InChI is InChI=1S/C4H6F3N2O/c5-4(6,7)10-3-1-8-2-9-3/h2-3,8-9H,1H2. The van der Waals surface area contributed by atoms with Gasteiger partial charge in [0.05, 0.1) is 6.67 Å². The highest BCUT2D eigenvalue weighted by atomic mass is 19.4. The summed E-state index contributed by atoms with van der Waals surface area (Å²) in [5.41, 5.74) is 0. The number of nitrogens with one attached hydrogen (secondary N) is 2. The maximum atomic E-state index is 11.4. The van der Waals surface area contributed by atoms with Gasteiger partial charge < -0.3 is 0 Å². The van der Waals surface area contributed by atoms with Gasteiger partial charge in [-0.2, -0.15) is 0 Å². The monoisotopic (exact) mass is 155 g/mol. The molecule has 0 amide bonds. The van der Waals surface area contributed by atoms with E-state index < -0.39 is 12.6 Å². The second kappa shape index (κ2) is 2.73. The molecule has 0 aliphatic carbocycles. The zero-order valence-electron chi connectivity index (χ0n) is 4.90. The minimum absolute atomic E-state index is 0.138. The summed E-state index contributed by atoms with van der Waals surface area (Å²) >= 11 is 0. The highest BCUT2D eigenvalue weighted by Gasteiger charge is 2.34. The first kappa shape index (κ1) is 7.77. The Morgan fingerprint density at radius 1 is 1.50 bits per heavy atom. The fourth-order valence-corrected chi connectivity index (χ4v) is 0.614. The zero-order valence-corrected chi connectivity index (χ0v) is 4.90. The third-order valence-corrected chi connectivity index (χ3v) is 0.950. The van der Waals surface area contributed by atoms with Gasteiger partial charge in [0.1, 0.15) is 6.23 Å². The molecule has 0 aromatic carbocycles. The molecule has 1 rings (SSSR count). The van der Waals surface area contributed by atoms with E-state index in [2.05, 4.69) is 15.4 Å².